The van der Waals surface area contributed by atoms with Gasteiger partial charge in [0.25, 0.3) is 0 Å². The quantitative estimate of drug-likeness (QED) is 0.0345. The van der Waals surface area contributed by atoms with Crippen LogP contribution in [0.15, 0.2) is 0 Å². The smallest absolute Gasteiger partial charge is 0.306 e. The molecule has 0 spiro atoms. The van der Waals surface area contributed by atoms with Crippen LogP contribution in [0.1, 0.15) is 298 Å². The first-order valence-corrected chi connectivity index (χ1v) is 26.8. The van der Waals surface area contributed by atoms with Crippen LogP contribution in [0.5, 0.6) is 0 Å². The molecule has 0 aromatic heterocycles. The Labute approximate surface area is 374 Å². The van der Waals surface area contributed by atoms with Crippen LogP contribution in [-0.4, -0.2) is 37.2 Å². The molecule has 0 aliphatic rings. The first-order valence-electron chi connectivity index (χ1n) is 26.8. The summed E-state index contributed by atoms with van der Waals surface area (Å²) in [4.78, 5) is 37.8. The molecule has 0 aliphatic carbocycles. The van der Waals surface area contributed by atoms with Gasteiger partial charge in [-0.15, -0.1) is 0 Å². The van der Waals surface area contributed by atoms with Crippen molar-refractivity contribution in [3.8, 4) is 0 Å². The van der Waals surface area contributed by atoms with Crippen LogP contribution in [-0.2, 0) is 28.6 Å². The molecule has 0 aromatic carbocycles. The third-order valence-electron chi connectivity index (χ3n) is 12.6. The normalized spacial score (nSPS) is 12.5. The zero-order valence-electron chi connectivity index (χ0n) is 41.1. The highest BCUT2D eigenvalue weighted by molar-refractivity contribution is 5.71. The van der Waals surface area contributed by atoms with Crippen molar-refractivity contribution in [2.75, 3.05) is 13.2 Å². The van der Waals surface area contributed by atoms with E-state index < -0.39 is 6.10 Å². The van der Waals surface area contributed by atoms with Crippen LogP contribution >= 0.6 is 0 Å². The van der Waals surface area contributed by atoms with E-state index in [-0.39, 0.29) is 31.1 Å². The summed E-state index contributed by atoms with van der Waals surface area (Å²) in [6.07, 6.45) is 48.2. The summed E-state index contributed by atoms with van der Waals surface area (Å²) in [7, 11) is 0. The van der Waals surface area contributed by atoms with Crippen molar-refractivity contribution in [1.29, 1.82) is 0 Å². The molecule has 356 valence electrons. The Morgan fingerprint density at radius 2 is 0.633 bits per heavy atom. The second kappa shape index (κ2) is 46.9. The Balaban J connectivity index is 4.13. The van der Waals surface area contributed by atoms with Crippen molar-refractivity contribution in [2.45, 2.75) is 304 Å². The predicted molar refractivity (Wildman–Crippen MR) is 256 cm³/mol. The zero-order chi connectivity index (χ0) is 44.0. The monoisotopic (exact) mass is 849 g/mol. The van der Waals surface area contributed by atoms with E-state index in [1.807, 2.05) is 0 Å². The molecule has 0 saturated carbocycles. The Hall–Kier alpha value is -1.59. The van der Waals surface area contributed by atoms with Crippen molar-refractivity contribution in [3.63, 3.8) is 0 Å². The maximum Gasteiger partial charge on any atom is 0.306 e. The Morgan fingerprint density at radius 1 is 0.350 bits per heavy atom. The van der Waals surface area contributed by atoms with E-state index in [4.69, 9.17) is 14.2 Å². The van der Waals surface area contributed by atoms with Gasteiger partial charge in [-0.2, -0.15) is 0 Å². The highest BCUT2D eigenvalue weighted by Gasteiger charge is 2.19. The number of hydrogen-bond donors (Lipinski definition) is 0. The molecule has 60 heavy (non-hydrogen) atoms. The largest absolute Gasteiger partial charge is 0.462 e. The van der Waals surface area contributed by atoms with Gasteiger partial charge in [-0.05, 0) is 31.1 Å². The molecule has 1 unspecified atom stereocenters. The van der Waals surface area contributed by atoms with Crippen LogP contribution in [0.2, 0.25) is 0 Å². The molecule has 6 heteroatoms. The van der Waals surface area contributed by atoms with Crippen molar-refractivity contribution in [2.24, 2.45) is 11.8 Å². The highest BCUT2D eigenvalue weighted by atomic mass is 16.6. The number of rotatable bonds is 48. The van der Waals surface area contributed by atoms with Gasteiger partial charge in [0.05, 0.1) is 0 Å². The fraction of sp³-hybridized carbons (Fsp3) is 0.944. The molecule has 0 bridgehead atoms. The molecule has 2 atom stereocenters. The Kier molecular flexibility index (Phi) is 45.7. The van der Waals surface area contributed by atoms with Crippen molar-refractivity contribution >= 4 is 17.9 Å². The van der Waals surface area contributed by atoms with Crippen LogP contribution in [0, 0.1) is 11.8 Å². The third-order valence-corrected chi connectivity index (χ3v) is 12.6. The summed E-state index contributed by atoms with van der Waals surface area (Å²) < 4.78 is 16.8. The lowest BCUT2D eigenvalue weighted by Gasteiger charge is -2.18. The van der Waals surface area contributed by atoms with E-state index in [1.165, 1.54) is 186 Å². The molecule has 0 amide bonds. The minimum atomic E-state index is -0.761. The van der Waals surface area contributed by atoms with Gasteiger partial charge >= 0.3 is 17.9 Å². The van der Waals surface area contributed by atoms with Crippen molar-refractivity contribution in [3.05, 3.63) is 0 Å². The first kappa shape index (κ1) is 58.4. The van der Waals surface area contributed by atoms with E-state index in [1.54, 1.807) is 0 Å². The second-order valence-electron chi connectivity index (χ2n) is 19.2. The lowest BCUT2D eigenvalue weighted by Crippen LogP contribution is -2.30. The molecule has 0 heterocycles. The summed E-state index contributed by atoms with van der Waals surface area (Å²) >= 11 is 0. The molecule has 0 aliphatic heterocycles. The Morgan fingerprint density at radius 3 is 0.950 bits per heavy atom. The average Bonchev–Trinajstić information content (AvgIpc) is 3.23. The minimum absolute atomic E-state index is 0.0646. The van der Waals surface area contributed by atoms with Gasteiger partial charge in [-0.1, -0.05) is 259 Å². The lowest BCUT2D eigenvalue weighted by molar-refractivity contribution is -0.167. The molecular weight excluding hydrogens is 745 g/mol. The van der Waals surface area contributed by atoms with E-state index in [9.17, 15) is 14.4 Å². The maximum atomic E-state index is 12.7. The van der Waals surface area contributed by atoms with Crippen molar-refractivity contribution < 1.29 is 28.6 Å². The molecule has 0 fully saturated rings. The predicted octanol–water partition coefficient (Wildman–Crippen LogP) is 17.3. The van der Waals surface area contributed by atoms with Crippen LogP contribution in [0.4, 0.5) is 0 Å². The molecule has 0 N–H and O–H groups in total. The van der Waals surface area contributed by atoms with Gasteiger partial charge in [-0.25, -0.2) is 0 Å². The summed E-state index contributed by atoms with van der Waals surface area (Å²) in [6, 6.07) is 0. The number of ether oxygens (including phenoxy) is 3. The van der Waals surface area contributed by atoms with Crippen LogP contribution in [0.3, 0.4) is 0 Å². The third kappa shape index (κ3) is 45.9. The number of carbonyl (C=O) groups excluding carboxylic acids is 3. The van der Waals surface area contributed by atoms with Gasteiger partial charge in [0.1, 0.15) is 13.2 Å². The SMILES string of the molecule is CCCCCCCCCCCCCC(=O)OC[C@H](COC(=O)CCCCCCCCCCCCCCCCCCCCC(C)CC)OC(=O)CCCCCCCCC(C)C. The average molecular weight is 849 g/mol. The summed E-state index contributed by atoms with van der Waals surface area (Å²) in [5.74, 6) is 0.816. The van der Waals surface area contributed by atoms with E-state index in [0.717, 1.165) is 69.6 Å². The molecule has 0 saturated heterocycles. The maximum absolute atomic E-state index is 12.7. The van der Waals surface area contributed by atoms with Gasteiger partial charge < -0.3 is 14.2 Å². The minimum Gasteiger partial charge on any atom is -0.462 e. The molecule has 0 radical (unpaired) electrons. The van der Waals surface area contributed by atoms with Gasteiger partial charge in [0.15, 0.2) is 6.10 Å². The number of unbranched alkanes of at least 4 members (excludes halogenated alkanes) is 32. The summed E-state index contributed by atoms with van der Waals surface area (Å²) in [5, 5.41) is 0. The van der Waals surface area contributed by atoms with Gasteiger partial charge in [-0.3, -0.25) is 14.4 Å². The van der Waals surface area contributed by atoms with Crippen molar-refractivity contribution in [1.82, 2.24) is 0 Å². The summed E-state index contributed by atoms with van der Waals surface area (Å²) in [5.41, 5.74) is 0. The number of carbonyl (C=O) groups is 3. The van der Waals surface area contributed by atoms with E-state index in [0.29, 0.717) is 19.3 Å². The standard InChI is InChI=1S/C54H104O6/c1-6-8-9-10-11-12-21-25-28-34-39-44-52(55)58-47-51(60-54(57)46-41-36-31-30-32-37-42-49(3)4)48-59-53(56)45-40-35-29-26-23-20-18-16-14-13-15-17-19-22-24-27-33-38-43-50(5)7-2/h49-51H,6-48H2,1-5H3/t50?,51-/m1/s1. The highest BCUT2D eigenvalue weighted by Crippen LogP contribution is 2.18. The lowest BCUT2D eigenvalue weighted by atomic mass is 9.99. The molecule has 6 nitrogen and oxygen atoms in total. The second-order valence-corrected chi connectivity index (χ2v) is 19.2. The Bertz CT molecular complexity index is 918. The first-order chi connectivity index (χ1) is 29.3. The fourth-order valence-corrected chi connectivity index (χ4v) is 8.13. The number of hydrogen-bond acceptors (Lipinski definition) is 6. The zero-order valence-corrected chi connectivity index (χ0v) is 41.1. The number of esters is 3. The molecule has 0 rings (SSSR count). The van der Waals surface area contributed by atoms with Gasteiger partial charge in [0, 0.05) is 19.3 Å². The molecular formula is C54H104O6. The topological polar surface area (TPSA) is 78.9 Å². The molecule has 0 aromatic rings. The van der Waals surface area contributed by atoms with Crippen LogP contribution in [0.25, 0.3) is 0 Å². The van der Waals surface area contributed by atoms with Crippen LogP contribution < -0.4 is 0 Å². The fourth-order valence-electron chi connectivity index (χ4n) is 8.13. The van der Waals surface area contributed by atoms with E-state index >= 15 is 0 Å². The summed E-state index contributed by atoms with van der Waals surface area (Å²) in [6.45, 7) is 11.4. The van der Waals surface area contributed by atoms with E-state index in [2.05, 4.69) is 34.6 Å². The van der Waals surface area contributed by atoms with Gasteiger partial charge in [0.2, 0.25) is 0 Å².